The van der Waals surface area contributed by atoms with E-state index in [0.717, 1.165) is 38.6 Å². The molecule has 0 aliphatic heterocycles. The van der Waals surface area contributed by atoms with Crippen molar-refractivity contribution in [3.05, 3.63) is 0 Å². The van der Waals surface area contributed by atoms with Crippen molar-refractivity contribution in [3.8, 4) is 0 Å². The van der Waals surface area contributed by atoms with E-state index < -0.39 is 5.60 Å². The Morgan fingerprint density at radius 3 is 2.50 bits per heavy atom. The number of rotatable bonds is 9. The number of aliphatic hydroxyl groups excluding tert-OH is 1. The largest absolute Gasteiger partial charge is 0.396 e. The highest BCUT2D eigenvalue weighted by atomic mass is 16.3. The molecule has 0 aromatic rings. The number of hydrogen-bond donors (Lipinski definition) is 3. The minimum absolute atomic E-state index is 0.285. The van der Waals surface area contributed by atoms with Gasteiger partial charge in [0.05, 0.1) is 5.60 Å². The molecule has 3 nitrogen and oxygen atoms in total. The van der Waals surface area contributed by atoms with Crippen LogP contribution >= 0.6 is 0 Å². The molecule has 0 aliphatic carbocycles. The van der Waals surface area contributed by atoms with Crippen LogP contribution in [0.25, 0.3) is 0 Å². The molecule has 0 fully saturated rings. The summed E-state index contributed by atoms with van der Waals surface area (Å²) in [5, 5.41) is 21.6. The molecule has 3 heteroatoms. The van der Waals surface area contributed by atoms with Crippen molar-refractivity contribution in [3.63, 3.8) is 0 Å². The molecule has 86 valence electrons. The van der Waals surface area contributed by atoms with Gasteiger partial charge < -0.3 is 15.5 Å². The van der Waals surface area contributed by atoms with Gasteiger partial charge in [0, 0.05) is 13.2 Å². The maximum Gasteiger partial charge on any atom is 0.0743 e. The lowest BCUT2D eigenvalue weighted by Crippen LogP contribution is -2.38. The Bertz CT molecular complexity index is 126. The highest BCUT2D eigenvalue weighted by Gasteiger charge is 2.17. The molecule has 0 spiro atoms. The summed E-state index contributed by atoms with van der Waals surface area (Å²) < 4.78 is 0. The molecule has 1 unspecified atom stereocenters. The fourth-order valence-electron chi connectivity index (χ4n) is 1.52. The zero-order valence-corrected chi connectivity index (χ0v) is 9.55. The fraction of sp³-hybridized carbons (Fsp3) is 1.00. The third-order valence-electron chi connectivity index (χ3n) is 2.31. The molecule has 0 rings (SSSR count). The third-order valence-corrected chi connectivity index (χ3v) is 2.31. The van der Waals surface area contributed by atoms with Gasteiger partial charge in [-0.05, 0) is 39.2 Å². The molecule has 1 atom stereocenters. The summed E-state index contributed by atoms with van der Waals surface area (Å²) in [6.45, 7) is 5.83. The Morgan fingerprint density at radius 1 is 1.21 bits per heavy atom. The van der Waals surface area contributed by atoms with Crippen LogP contribution in [-0.4, -0.2) is 35.5 Å². The number of nitrogens with one attached hydrogen (secondary N) is 1. The molecule has 14 heavy (non-hydrogen) atoms. The van der Waals surface area contributed by atoms with Gasteiger partial charge in [-0.1, -0.05) is 13.3 Å². The van der Waals surface area contributed by atoms with Crippen LogP contribution < -0.4 is 5.32 Å². The summed E-state index contributed by atoms with van der Waals surface area (Å²) in [7, 11) is 0. The maximum atomic E-state index is 9.81. The molecule has 0 amide bonds. The van der Waals surface area contributed by atoms with Crippen LogP contribution in [0.1, 0.15) is 46.0 Å². The van der Waals surface area contributed by atoms with Gasteiger partial charge in [0.2, 0.25) is 0 Å². The average Bonchev–Trinajstić information content (AvgIpc) is 2.11. The molecule has 0 aliphatic rings. The Kier molecular flexibility index (Phi) is 8.14. The van der Waals surface area contributed by atoms with Gasteiger partial charge >= 0.3 is 0 Å². The molecule has 0 heterocycles. The number of unbranched alkanes of at least 4 members (excludes halogenated alkanes) is 2. The minimum atomic E-state index is -0.564. The predicted molar refractivity (Wildman–Crippen MR) is 59.3 cm³/mol. The fourth-order valence-corrected chi connectivity index (χ4v) is 1.52. The van der Waals surface area contributed by atoms with E-state index in [2.05, 4.69) is 12.2 Å². The van der Waals surface area contributed by atoms with Crippen molar-refractivity contribution in [1.29, 1.82) is 0 Å². The van der Waals surface area contributed by atoms with Gasteiger partial charge in [-0.2, -0.15) is 0 Å². The highest BCUT2D eigenvalue weighted by molar-refractivity contribution is 4.74. The van der Waals surface area contributed by atoms with E-state index in [0.29, 0.717) is 6.54 Å². The third kappa shape index (κ3) is 8.48. The predicted octanol–water partition coefficient (Wildman–Crippen LogP) is 1.29. The highest BCUT2D eigenvalue weighted by Crippen LogP contribution is 2.09. The lowest BCUT2D eigenvalue weighted by molar-refractivity contribution is 0.0501. The van der Waals surface area contributed by atoms with E-state index in [1.54, 1.807) is 0 Å². The Balaban J connectivity index is 3.26. The van der Waals surface area contributed by atoms with Crippen LogP contribution in [0.3, 0.4) is 0 Å². The molecule has 0 saturated heterocycles. The summed E-state index contributed by atoms with van der Waals surface area (Å²) in [5.41, 5.74) is -0.564. The zero-order chi connectivity index (χ0) is 10.9. The SMILES string of the molecule is CCCC(C)(O)CNCCCCCO. The topological polar surface area (TPSA) is 52.5 Å². The number of hydrogen-bond acceptors (Lipinski definition) is 3. The average molecular weight is 203 g/mol. The van der Waals surface area contributed by atoms with Crippen molar-refractivity contribution in [2.24, 2.45) is 0 Å². The molecular formula is C11H25NO2. The summed E-state index contributed by atoms with van der Waals surface area (Å²) in [5.74, 6) is 0. The van der Waals surface area contributed by atoms with Crippen molar-refractivity contribution in [2.75, 3.05) is 19.7 Å². The first-order valence-electron chi connectivity index (χ1n) is 5.66. The normalized spacial score (nSPS) is 15.4. The molecule has 0 bridgehead atoms. The van der Waals surface area contributed by atoms with Gasteiger partial charge in [-0.3, -0.25) is 0 Å². The van der Waals surface area contributed by atoms with Crippen LogP contribution in [0.5, 0.6) is 0 Å². The molecule has 3 N–H and O–H groups in total. The summed E-state index contributed by atoms with van der Waals surface area (Å²) in [4.78, 5) is 0. The first-order valence-corrected chi connectivity index (χ1v) is 5.66. The van der Waals surface area contributed by atoms with E-state index in [-0.39, 0.29) is 6.61 Å². The van der Waals surface area contributed by atoms with Crippen molar-refractivity contribution < 1.29 is 10.2 Å². The van der Waals surface area contributed by atoms with E-state index in [1.807, 2.05) is 6.92 Å². The molecule has 0 aromatic carbocycles. The van der Waals surface area contributed by atoms with E-state index in [9.17, 15) is 5.11 Å². The second-order valence-electron chi connectivity index (χ2n) is 4.21. The zero-order valence-electron chi connectivity index (χ0n) is 9.55. The minimum Gasteiger partial charge on any atom is -0.396 e. The van der Waals surface area contributed by atoms with E-state index >= 15 is 0 Å². The Labute approximate surface area is 87.5 Å². The van der Waals surface area contributed by atoms with Gasteiger partial charge in [-0.25, -0.2) is 0 Å². The number of aliphatic hydroxyl groups is 2. The molecule has 0 radical (unpaired) electrons. The quantitative estimate of drug-likeness (QED) is 0.495. The lowest BCUT2D eigenvalue weighted by atomic mass is 10.0. The Morgan fingerprint density at radius 2 is 1.93 bits per heavy atom. The standard InChI is InChI=1S/C11H25NO2/c1-3-7-11(2,14)10-12-8-5-4-6-9-13/h12-14H,3-10H2,1-2H3. The second kappa shape index (κ2) is 8.21. The van der Waals surface area contributed by atoms with Crippen molar-refractivity contribution in [2.45, 2.75) is 51.6 Å². The molecule has 0 saturated carbocycles. The van der Waals surface area contributed by atoms with Crippen LogP contribution in [0.2, 0.25) is 0 Å². The van der Waals surface area contributed by atoms with Gasteiger partial charge in [0.15, 0.2) is 0 Å². The maximum absolute atomic E-state index is 9.81. The van der Waals surface area contributed by atoms with Gasteiger partial charge in [-0.15, -0.1) is 0 Å². The Hall–Kier alpha value is -0.120. The van der Waals surface area contributed by atoms with E-state index in [4.69, 9.17) is 5.11 Å². The molecule has 0 aromatic heterocycles. The van der Waals surface area contributed by atoms with Crippen LogP contribution in [0, 0.1) is 0 Å². The first-order chi connectivity index (χ1) is 6.62. The first kappa shape index (κ1) is 13.9. The van der Waals surface area contributed by atoms with E-state index in [1.165, 1.54) is 0 Å². The monoisotopic (exact) mass is 203 g/mol. The van der Waals surface area contributed by atoms with Gasteiger partial charge in [0.25, 0.3) is 0 Å². The lowest BCUT2D eigenvalue weighted by Gasteiger charge is -2.22. The summed E-state index contributed by atoms with van der Waals surface area (Å²) in [6.07, 6.45) is 4.87. The van der Waals surface area contributed by atoms with Crippen LogP contribution in [0.15, 0.2) is 0 Å². The smallest absolute Gasteiger partial charge is 0.0743 e. The second-order valence-corrected chi connectivity index (χ2v) is 4.21. The van der Waals surface area contributed by atoms with Crippen molar-refractivity contribution >= 4 is 0 Å². The van der Waals surface area contributed by atoms with Crippen LogP contribution in [0.4, 0.5) is 0 Å². The van der Waals surface area contributed by atoms with Gasteiger partial charge in [0.1, 0.15) is 0 Å². The van der Waals surface area contributed by atoms with Crippen LogP contribution in [-0.2, 0) is 0 Å². The van der Waals surface area contributed by atoms with Crippen molar-refractivity contribution in [1.82, 2.24) is 5.32 Å². The summed E-state index contributed by atoms with van der Waals surface area (Å²) in [6, 6.07) is 0. The summed E-state index contributed by atoms with van der Waals surface area (Å²) >= 11 is 0. The molecular weight excluding hydrogens is 178 g/mol.